The molecule has 0 radical (unpaired) electrons. The summed E-state index contributed by atoms with van der Waals surface area (Å²) in [5.41, 5.74) is 0.331. The molecule has 218 valence electrons. The number of anilines is 1. The van der Waals surface area contributed by atoms with E-state index in [4.69, 9.17) is 0 Å². The first-order valence-electron chi connectivity index (χ1n) is 13.1. The summed E-state index contributed by atoms with van der Waals surface area (Å²) >= 11 is 0. The van der Waals surface area contributed by atoms with E-state index in [2.05, 4.69) is 5.32 Å². The van der Waals surface area contributed by atoms with E-state index in [1.165, 1.54) is 65.6 Å². The Morgan fingerprint density at radius 1 is 0.976 bits per heavy atom. The third-order valence-electron chi connectivity index (χ3n) is 6.30. The topological polar surface area (TPSA) is 130 Å². The average Bonchev–Trinajstić information content (AvgIpc) is 2.96. The van der Waals surface area contributed by atoms with Crippen molar-refractivity contribution in [1.82, 2.24) is 10.2 Å². The molecule has 0 fully saturated rings. The summed E-state index contributed by atoms with van der Waals surface area (Å²) in [6.45, 7) is 5.21. The lowest BCUT2D eigenvalue weighted by atomic mass is 10.1. The molecule has 3 rings (SSSR count). The summed E-state index contributed by atoms with van der Waals surface area (Å²) in [6, 6.07) is 16.8. The third kappa shape index (κ3) is 8.10. The number of carbonyl (C=O) groups excluding carboxylic acids is 2. The Balaban J connectivity index is 2.05. The molecule has 0 aliphatic carbocycles. The quantitative estimate of drug-likeness (QED) is 0.232. The fourth-order valence-electron chi connectivity index (χ4n) is 4.12. The molecule has 0 aliphatic rings. The van der Waals surface area contributed by atoms with Gasteiger partial charge in [-0.2, -0.15) is 0 Å². The molecule has 0 saturated carbocycles. The zero-order valence-electron chi connectivity index (χ0n) is 23.1. The fourth-order valence-corrected chi connectivity index (χ4v) is 5.55. The van der Waals surface area contributed by atoms with Gasteiger partial charge in [-0.3, -0.25) is 24.0 Å². The largest absolute Gasteiger partial charge is 0.354 e. The Kier molecular flexibility index (Phi) is 10.5. The van der Waals surface area contributed by atoms with Crippen LogP contribution in [0.15, 0.2) is 83.8 Å². The van der Waals surface area contributed by atoms with Crippen molar-refractivity contribution in [2.75, 3.05) is 17.4 Å². The van der Waals surface area contributed by atoms with Crippen molar-refractivity contribution < 1.29 is 27.3 Å². The Morgan fingerprint density at radius 2 is 1.59 bits per heavy atom. The number of amides is 2. The molecule has 41 heavy (non-hydrogen) atoms. The number of nitrogens with one attached hydrogen (secondary N) is 1. The highest BCUT2D eigenvalue weighted by atomic mass is 32.2. The van der Waals surface area contributed by atoms with Crippen LogP contribution in [0, 0.1) is 21.8 Å². The number of sulfonamides is 1. The van der Waals surface area contributed by atoms with E-state index in [1.807, 2.05) is 13.8 Å². The second kappa shape index (κ2) is 13.8. The van der Waals surface area contributed by atoms with Gasteiger partial charge in [-0.1, -0.05) is 51.1 Å². The molecule has 0 saturated heterocycles. The van der Waals surface area contributed by atoms with E-state index in [0.29, 0.717) is 12.1 Å². The molecule has 0 spiro atoms. The van der Waals surface area contributed by atoms with E-state index in [-0.39, 0.29) is 35.2 Å². The van der Waals surface area contributed by atoms with Crippen molar-refractivity contribution in [3.63, 3.8) is 0 Å². The third-order valence-corrected chi connectivity index (χ3v) is 8.08. The number of rotatable bonds is 13. The number of nitro benzene ring substituents is 1. The Bertz CT molecular complexity index is 1450. The number of nitro groups is 1. The van der Waals surface area contributed by atoms with Crippen molar-refractivity contribution >= 4 is 33.2 Å². The van der Waals surface area contributed by atoms with Crippen molar-refractivity contribution in [1.29, 1.82) is 0 Å². The monoisotopic (exact) mass is 584 g/mol. The minimum atomic E-state index is -4.30. The molecule has 0 heterocycles. The standard InChI is InChI=1S/C29H33FN4O6S/c1-4-27(29(36)31-18-21(2)3)32(19-22-10-12-23(30)13-11-22)28(35)20-33(24-14-16-25(17-15-24)34(37)38)41(39,40)26-8-6-5-7-9-26/h5-17,21,27H,4,18-20H2,1-3H3,(H,31,36). The number of hydrogen-bond acceptors (Lipinski definition) is 6. The van der Waals surface area contributed by atoms with Gasteiger partial charge in [0, 0.05) is 25.2 Å². The second-order valence-electron chi connectivity index (χ2n) is 9.81. The zero-order chi connectivity index (χ0) is 30.2. The maximum absolute atomic E-state index is 14.0. The summed E-state index contributed by atoms with van der Waals surface area (Å²) in [6.07, 6.45) is 0.236. The molecule has 2 amide bonds. The lowest BCUT2D eigenvalue weighted by Crippen LogP contribution is -2.52. The van der Waals surface area contributed by atoms with Crippen LogP contribution in [0.4, 0.5) is 15.8 Å². The Morgan fingerprint density at radius 3 is 2.12 bits per heavy atom. The van der Waals surface area contributed by atoms with Crippen LogP contribution in [0.25, 0.3) is 0 Å². The van der Waals surface area contributed by atoms with E-state index in [1.54, 1.807) is 13.0 Å². The summed E-state index contributed by atoms with van der Waals surface area (Å²) in [5, 5.41) is 14.0. The zero-order valence-corrected chi connectivity index (χ0v) is 23.9. The Hall–Kier alpha value is -4.32. The van der Waals surface area contributed by atoms with Gasteiger partial charge >= 0.3 is 0 Å². The van der Waals surface area contributed by atoms with E-state index < -0.39 is 45.2 Å². The van der Waals surface area contributed by atoms with Gasteiger partial charge in [0.1, 0.15) is 18.4 Å². The average molecular weight is 585 g/mol. The number of hydrogen-bond donors (Lipinski definition) is 1. The highest BCUT2D eigenvalue weighted by Crippen LogP contribution is 2.26. The lowest BCUT2D eigenvalue weighted by molar-refractivity contribution is -0.384. The fraction of sp³-hybridized carbons (Fsp3) is 0.310. The molecule has 1 atom stereocenters. The molecule has 1 unspecified atom stereocenters. The molecule has 3 aromatic carbocycles. The normalized spacial score (nSPS) is 12.0. The molecule has 3 aromatic rings. The van der Waals surface area contributed by atoms with Crippen LogP contribution in [0.1, 0.15) is 32.8 Å². The maximum atomic E-state index is 14.0. The number of halogens is 1. The van der Waals surface area contributed by atoms with Gasteiger partial charge in [0.25, 0.3) is 15.7 Å². The van der Waals surface area contributed by atoms with Crippen LogP contribution in [-0.4, -0.2) is 49.2 Å². The summed E-state index contributed by atoms with van der Waals surface area (Å²) < 4.78 is 42.0. The molecule has 12 heteroatoms. The van der Waals surface area contributed by atoms with E-state index in [9.17, 15) is 32.5 Å². The van der Waals surface area contributed by atoms with Gasteiger partial charge in [-0.25, -0.2) is 12.8 Å². The van der Waals surface area contributed by atoms with Crippen molar-refractivity contribution in [3.8, 4) is 0 Å². The molecule has 0 aromatic heterocycles. The van der Waals surface area contributed by atoms with Gasteiger partial charge < -0.3 is 10.2 Å². The lowest BCUT2D eigenvalue weighted by Gasteiger charge is -2.33. The van der Waals surface area contributed by atoms with Crippen molar-refractivity contribution in [2.45, 2.75) is 44.7 Å². The van der Waals surface area contributed by atoms with Gasteiger partial charge in [-0.05, 0) is 54.3 Å². The molecular formula is C29H33FN4O6S. The first-order chi connectivity index (χ1) is 19.4. The van der Waals surface area contributed by atoms with Gasteiger partial charge in [0.15, 0.2) is 0 Å². The minimum absolute atomic E-state index is 0.0341. The maximum Gasteiger partial charge on any atom is 0.269 e. The second-order valence-corrected chi connectivity index (χ2v) is 11.7. The number of non-ortho nitro benzene ring substituents is 1. The van der Waals surface area contributed by atoms with Gasteiger partial charge in [0.05, 0.1) is 15.5 Å². The predicted octanol–water partition coefficient (Wildman–Crippen LogP) is 4.51. The molecular weight excluding hydrogens is 551 g/mol. The predicted molar refractivity (Wildman–Crippen MR) is 153 cm³/mol. The number of benzene rings is 3. The highest BCUT2D eigenvalue weighted by molar-refractivity contribution is 7.92. The number of carbonyl (C=O) groups is 2. The first kappa shape index (κ1) is 31.2. The summed E-state index contributed by atoms with van der Waals surface area (Å²) in [4.78, 5) is 38.9. The highest BCUT2D eigenvalue weighted by Gasteiger charge is 2.33. The van der Waals surface area contributed by atoms with Crippen LogP contribution >= 0.6 is 0 Å². The van der Waals surface area contributed by atoms with Gasteiger partial charge in [-0.15, -0.1) is 0 Å². The Labute approximate surface area is 239 Å². The van der Waals surface area contributed by atoms with Gasteiger partial charge in [0.2, 0.25) is 11.8 Å². The first-order valence-corrected chi connectivity index (χ1v) is 14.5. The summed E-state index contributed by atoms with van der Waals surface area (Å²) in [5.74, 6) is -1.39. The van der Waals surface area contributed by atoms with Crippen LogP contribution in [0.3, 0.4) is 0 Å². The van der Waals surface area contributed by atoms with Crippen LogP contribution < -0.4 is 9.62 Å². The van der Waals surface area contributed by atoms with Crippen molar-refractivity contribution in [3.05, 3.63) is 100 Å². The molecule has 0 aliphatic heterocycles. The molecule has 1 N–H and O–H groups in total. The minimum Gasteiger partial charge on any atom is -0.354 e. The van der Waals surface area contributed by atoms with Crippen LogP contribution in [0.2, 0.25) is 0 Å². The smallest absolute Gasteiger partial charge is 0.269 e. The molecule has 10 nitrogen and oxygen atoms in total. The molecule has 0 bridgehead atoms. The van der Waals surface area contributed by atoms with Crippen LogP contribution in [-0.2, 0) is 26.2 Å². The van der Waals surface area contributed by atoms with E-state index in [0.717, 1.165) is 16.4 Å². The van der Waals surface area contributed by atoms with Crippen molar-refractivity contribution in [2.24, 2.45) is 5.92 Å². The van der Waals surface area contributed by atoms with Crippen LogP contribution in [0.5, 0.6) is 0 Å². The number of nitrogens with zero attached hydrogens (tertiary/aromatic N) is 3. The summed E-state index contributed by atoms with van der Waals surface area (Å²) in [7, 11) is -4.30. The SMILES string of the molecule is CCC(C(=O)NCC(C)C)N(Cc1ccc(F)cc1)C(=O)CN(c1ccc([N+](=O)[O-])cc1)S(=O)(=O)c1ccccc1. The van der Waals surface area contributed by atoms with E-state index >= 15 is 0 Å².